The molecule has 0 unspecified atom stereocenters. The molecule has 0 atom stereocenters. The first-order valence-corrected chi connectivity index (χ1v) is 4.53. The molecule has 0 spiro atoms. The van der Waals surface area contributed by atoms with Gasteiger partial charge >= 0.3 is 0 Å². The predicted molar refractivity (Wildman–Crippen MR) is 53.2 cm³/mol. The zero-order chi connectivity index (χ0) is 10.4. The third kappa shape index (κ3) is 3.18. The van der Waals surface area contributed by atoms with Crippen LogP contribution in [0, 0.1) is 6.92 Å². The Morgan fingerprint density at radius 1 is 1.43 bits per heavy atom. The summed E-state index contributed by atoms with van der Waals surface area (Å²) in [7, 11) is 0. The van der Waals surface area contributed by atoms with Gasteiger partial charge in [-0.1, -0.05) is 0 Å². The summed E-state index contributed by atoms with van der Waals surface area (Å²) in [6, 6.07) is 0. The van der Waals surface area contributed by atoms with E-state index in [-0.39, 0.29) is 5.95 Å². The van der Waals surface area contributed by atoms with Gasteiger partial charge < -0.3 is 15.2 Å². The minimum atomic E-state index is 0.224. The smallest absolute Gasteiger partial charge is 0.223 e. The first-order valence-electron chi connectivity index (χ1n) is 4.53. The van der Waals surface area contributed by atoms with Crippen LogP contribution in [0.2, 0.25) is 0 Å². The Morgan fingerprint density at radius 3 is 2.93 bits per heavy atom. The first-order chi connectivity index (χ1) is 6.74. The highest BCUT2D eigenvalue weighted by atomic mass is 16.5. The van der Waals surface area contributed by atoms with Gasteiger partial charge in [-0.05, 0) is 13.8 Å². The van der Waals surface area contributed by atoms with Crippen LogP contribution in [0.25, 0.3) is 0 Å². The topological polar surface area (TPSA) is 70.3 Å². The van der Waals surface area contributed by atoms with E-state index in [9.17, 15) is 0 Å². The molecule has 0 aliphatic heterocycles. The van der Waals surface area contributed by atoms with E-state index in [4.69, 9.17) is 15.2 Å². The zero-order valence-electron chi connectivity index (χ0n) is 8.49. The molecule has 0 saturated carbocycles. The average Bonchev–Trinajstić information content (AvgIpc) is 2.18. The molecule has 78 valence electrons. The lowest BCUT2D eigenvalue weighted by Gasteiger charge is -2.07. The molecule has 2 N–H and O–H groups in total. The van der Waals surface area contributed by atoms with Gasteiger partial charge in [-0.3, -0.25) is 0 Å². The molecule has 0 amide bonds. The van der Waals surface area contributed by atoms with E-state index in [0.29, 0.717) is 25.7 Å². The highest BCUT2D eigenvalue weighted by molar-refractivity contribution is 5.28. The highest BCUT2D eigenvalue weighted by Crippen LogP contribution is 2.13. The van der Waals surface area contributed by atoms with Crippen LogP contribution in [0.5, 0.6) is 5.88 Å². The van der Waals surface area contributed by atoms with Crippen LogP contribution in [0.3, 0.4) is 0 Å². The Bertz CT molecular complexity index is 291. The van der Waals surface area contributed by atoms with Crippen molar-refractivity contribution in [1.29, 1.82) is 0 Å². The molecule has 0 saturated heterocycles. The molecule has 0 aliphatic rings. The summed E-state index contributed by atoms with van der Waals surface area (Å²) in [6.45, 7) is 5.53. The summed E-state index contributed by atoms with van der Waals surface area (Å²) in [4.78, 5) is 7.80. The van der Waals surface area contributed by atoms with Crippen LogP contribution in [0.1, 0.15) is 12.5 Å². The second-order valence-corrected chi connectivity index (χ2v) is 2.76. The lowest BCUT2D eigenvalue weighted by atomic mass is 10.4. The number of aromatic nitrogens is 2. The molecule has 0 fully saturated rings. The van der Waals surface area contributed by atoms with E-state index < -0.39 is 0 Å². The first kappa shape index (κ1) is 10.7. The summed E-state index contributed by atoms with van der Waals surface area (Å²) in [5, 5.41) is 0. The zero-order valence-corrected chi connectivity index (χ0v) is 8.49. The van der Waals surface area contributed by atoms with Crippen molar-refractivity contribution >= 4 is 5.95 Å². The van der Waals surface area contributed by atoms with Crippen molar-refractivity contribution in [2.24, 2.45) is 0 Å². The molecule has 0 radical (unpaired) electrons. The Kier molecular flexibility index (Phi) is 4.12. The maximum absolute atomic E-state index is 5.42. The molecular weight excluding hydrogens is 182 g/mol. The second kappa shape index (κ2) is 5.39. The minimum absolute atomic E-state index is 0.224. The molecule has 1 aromatic rings. The van der Waals surface area contributed by atoms with Crippen molar-refractivity contribution in [2.45, 2.75) is 13.8 Å². The van der Waals surface area contributed by atoms with Crippen molar-refractivity contribution in [3.05, 3.63) is 11.8 Å². The molecule has 5 heteroatoms. The molecule has 0 bridgehead atoms. The summed E-state index contributed by atoms with van der Waals surface area (Å²) < 4.78 is 10.5. The maximum atomic E-state index is 5.42. The van der Waals surface area contributed by atoms with Crippen LogP contribution >= 0.6 is 0 Å². The number of anilines is 1. The number of rotatable bonds is 5. The number of aryl methyl sites for hydroxylation is 1. The number of nitrogen functional groups attached to an aromatic ring is 1. The fourth-order valence-corrected chi connectivity index (χ4v) is 0.927. The van der Waals surface area contributed by atoms with Gasteiger partial charge in [0, 0.05) is 18.4 Å². The van der Waals surface area contributed by atoms with Gasteiger partial charge in [-0.2, -0.15) is 4.98 Å². The fourth-order valence-electron chi connectivity index (χ4n) is 0.927. The van der Waals surface area contributed by atoms with Gasteiger partial charge in [0.1, 0.15) is 6.61 Å². The van der Waals surface area contributed by atoms with E-state index in [2.05, 4.69) is 9.97 Å². The Hall–Kier alpha value is -1.36. The number of nitrogens with two attached hydrogens (primary N) is 1. The second-order valence-electron chi connectivity index (χ2n) is 2.76. The normalized spacial score (nSPS) is 10.1. The quantitative estimate of drug-likeness (QED) is 0.706. The van der Waals surface area contributed by atoms with Gasteiger partial charge in [0.25, 0.3) is 0 Å². The molecular formula is C9H15N3O2. The Morgan fingerprint density at radius 2 is 2.21 bits per heavy atom. The van der Waals surface area contributed by atoms with E-state index in [1.165, 1.54) is 0 Å². The fraction of sp³-hybridized carbons (Fsp3) is 0.556. The Balaban J connectivity index is 2.45. The molecule has 1 heterocycles. The third-order valence-corrected chi connectivity index (χ3v) is 1.61. The van der Waals surface area contributed by atoms with Crippen molar-refractivity contribution in [3.8, 4) is 5.88 Å². The van der Waals surface area contributed by atoms with Crippen LogP contribution in [-0.4, -0.2) is 29.8 Å². The van der Waals surface area contributed by atoms with E-state index in [1.807, 2.05) is 13.8 Å². The van der Waals surface area contributed by atoms with Crippen molar-refractivity contribution < 1.29 is 9.47 Å². The van der Waals surface area contributed by atoms with Crippen molar-refractivity contribution in [3.63, 3.8) is 0 Å². The van der Waals surface area contributed by atoms with Gasteiger partial charge in [0.2, 0.25) is 11.8 Å². The summed E-state index contributed by atoms with van der Waals surface area (Å²) in [6.07, 6.45) is 1.64. The number of hydrogen-bond acceptors (Lipinski definition) is 5. The van der Waals surface area contributed by atoms with E-state index >= 15 is 0 Å². The van der Waals surface area contributed by atoms with Crippen LogP contribution in [0.4, 0.5) is 5.95 Å². The number of nitrogens with zero attached hydrogens (tertiary/aromatic N) is 2. The monoisotopic (exact) mass is 197 g/mol. The number of hydrogen-bond donors (Lipinski definition) is 1. The molecule has 1 rings (SSSR count). The van der Waals surface area contributed by atoms with Gasteiger partial charge in [0.05, 0.1) is 6.61 Å². The van der Waals surface area contributed by atoms with E-state index in [1.54, 1.807) is 6.20 Å². The SMILES string of the molecule is CCOCCOc1nc(N)ncc1C. The van der Waals surface area contributed by atoms with Crippen LogP contribution in [-0.2, 0) is 4.74 Å². The standard InChI is InChI=1S/C9H15N3O2/c1-3-13-4-5-14-8-7(2)6-11-9(10)12-8/h6H,3-5H2,1-2H3,(H2,10,11,12). The van der Waals surface area contributed by atoms with Gasteiger partial charge in [0.15, 0.2) is 0 Å². The largest absolute Gasteiger partial charge is 0.475 e. The predicted octanol–water partition coefficient (Wildman–Crippen LogP) is 0.783. The maximum Gasteiger partial charge on any atom is 0.223 e. The third-order valence-electron chi connectivity index (χ3n) is 1.61. The highest BCUT2D eigenvalue weighted by Gasteiger charge is 2.02. The van der Waals surface area contributed by atoms with Gasteiger partial charge in [-0.15, -0.1) is 0 Å². The average molecular weight is 197 g/mol. The van der Waals surface area contributed by atoms with Gasteiger partial charge in [-0.25, -0.2) is 4.98 Å². The summed E-state index contributed by atoms with van der Waals surface area (Å²) in [5.74, 6) is 0.749. The lowest BCUT2D eigenvalue weighted by Crippen LogP contribution is -2.09. The minimum Gasteiger partial charge on any atom is -0.475 e. The molecule has 14 heavy (non-hydrogen) atoms. The number of ether oxygens (including phenoxy) is 2. The van der Waals surface area contributed by atoms with Crippen molar-refractivity contribution in [1.82, 2.24) is 9.97 Å². The molecule has 1 aromatic heterocycles. The molecule has 0 aliphatic carbocycles. The van der Waals surface area contributed by atoms with Crippen LogP contribution < -0.4 is 10.5 Å². The Labute approximate surface area is 83.3 Å². The molecule has 0 aromatic carbocycles. The van der Waals surface area contributed by atoms with Crippen LogP contribution in [0.15, 0.2) is 6.20 Å². The lowest BCUT2D eigenvalue weighted by molar-refractivity contribution is 0.108. The molecule has 5 nitrogen and oxygen atoms in total. The summed E-state index contributed by atoms with van der Waals surface area (Å²) >= 11 is 0. The summed E-state index contributed by atoms with van der Waals surface area (Å²) in [5.41, 5.74) is 6.30. The van der Waals surface area contributed by atoms with E-state index in [0.717, 1.165) is 5.56 Å². The van der Waals surface area contributed by atoms with Crippen molar-refractivity contribution in [2.75, 3.05) is 25.6 Å².